The van der Waals surface area contributed by atoms with Gasteiger partial charge in [0.05, 0.1) is 29.6 Å². The molecule has 2 amide bonds. The third-order valence-electron chi connectivity index (χ3n) is 6.78. The number of ether oxygens (including phenoxy) is 3. The number of anilines is 2. The summed E-state index contributed by atoms with van der Waals surface area (Å²) in [5.41, 5.74) is -1.04. The second-order valence-corrected chi connectivity index (χ2v) is 14.5. The van der Waals surface area contributed by atoms with E-state index in [1.807, 2.05) is 33.8 Å². The van der Waals surface area contributed by atoms with Crippen molar-refractivity contribution in [1.82, 2.24) is 20.1 Å². The van der Waals surface area contributed by atoms with Gasteiger partial charge in [0.25, 0.3) is 0 Å². The van der Waals surface area contributed by atoms with E-state index in [0.717, 1.165) is 18.2 Å². The SMILES string of the molecule is C[C@@H](CCCOc1cc(N(C(=O)OC(C)(C)C)c2cc([C@H]3CC[C@@H](O)C3)nn2C(C)(C)C)cc(F)n1)NC(=O)OC(C)(C)C. The van der Waals surface area contributed by atoms with E-state index in [9.17, 15) is 19.1 Å². The summed E-state index contributed by atoms with van der Waals surface area (Å²) in [5.74, 6) is -0.385. The molecule has 1 aliphatic rings. The lowest BCUT2D eigenvalue weighted by Crippen LogP contribution is -2.37. The van der Waals surface area contributed by atoms with Crippen molar-refractivity contribution in [3.63, 3.8) is 0 Å². The van der Waals surface area contributed by atoms with Crippen LogP contribution in [0.4, 0.5) is 25.5 Å². The number of alkyl carbamates (subject to hydrolysis) is 1. The van der Waals surface area contributed by atoms with Gasteiger partial charge in [0, 0.05) is 30.2 Å². The first kappa shape index (κ1) is 35.1. The zero-order valence-corrected chi connectivity index (χ0v) is 27.9. The molecule has 2 aromatic heterocycles. The molecule has 44 heavy (non-hydrogen) atoms. The predicted octanol–water partition coefficient (Wildman–Crippen LogP) is 6.95. The molecule has 3 rings (SSSR count). The fraction of sp³-hybridized carbons (Fsp3) is 0.688. The van der Waals surface area contributed by atoms with Crippen molar-refractivity contribution in [3.8, 4) is 5.88 Å². The molecule has 2 aromatic rings. The van der Waals surface area contributed by atoms with Crippen LogP contribution in [0.3, 0.4) is 0 Å². The number of aliphatic hydroxyl groups is 1. The summed E-state index contributed by atoms with van der Waals surface area (Å²) >= 11 is 0. The molecule has 0 aromatic carbocycles. The number of amides is 2. The maximum absolute atomic E-state index is 15.0. The van der Waals surface area contributed by atoms with Gasteiger partial charge in [-0.25, -0.2) is 19.2 Å². The Labute approximate surface area is 260 Å². The fourth-order valence-electron chi connectivity index (χ4n) is 4.92. The van der Waals surface area contributed by atoms with Gasteiger partial charge in [-0.2, -0.15) is 14.5 Å². The van der Waals surface area contributed by atoms with Gasteiger partial charge < -0.3 is 24.6 Å². The zero-order chi connectivity index (χ0) is 33.0. The van der Waals surface area contributed by atoms with Crippen LogP contribution < -0.4 is 15.0 Å². The van der Waals surface area contributed by atoms with Crippen molar-refractivity contribution < 1.29 is 33.3 Å². The van der Waals surface area contributed by atoms with Gasteiger partial charge in [0.15, 0.2) is 0 Å². The van der Waals surface area contributed by atoms with E-state index in [0.29, 0.717) is 31.5 Å². The Balaban J connectivity index is 1.87. The Hall–Kier alpha value is -3.41. The first-order chi connectivity index (χ1) is 20.2. The first-order valence-electron chi connectivity index (χ1n) is 15.3. The molecule has 0 saturated heterocycles. The average molecular weight is 620 g/mol. The van der Waals surface area contributed by atoms with E-state index in [-0.39, 0.29) is 30.1 Å². The third-order valence-corrected chi connectivity index (χ3v) is 6.78. The highest BCUT2D eigenvalue weighted by molar-refractivity contribution is 5.95. The highest BCUT2D eigenvalue weighted by Crippen LogP contribution is 2.39. The van der Waals surface area contributed by atoms with Gasteiger partial charge in [-0.15, -0.1) is 0 Å². The van der Waals surface area contributed by atoms with Gasteiger partial charge in [0.1, 0.15) is 17.0 Å². The topological polar surface area (TPSA) is 128 Å². The molecule has 12 heteroatoms. The molecule has 11 nitrogen and oxygen atoms in total. The lowest BCUT2D eigenvalue weighted by atomic mass is 10.0. The highest BCUT2D eigenvalue weighted by atomic mass is 19.1. The minimum absolute atomic E-state index is 0.00211. The number of halogens is 1. The summed E-state index contributed by atoms with van der Waals surface area (Å²) in [7, 11) is 0. The van der Waals surface area contributed by atoms with Crippen molar-refractivity contribution in [2.45, 2.75) is 136 Å². The molecule has 0 bridgehead atoms. The zero-order valence-electron chi connectivity index (χ0n) is 27.9. The number of hydrogen-bond donors (Lipinski definition) is 2. The molecule has 2 N–H and O–H groups in total. The maximum Gasteiger partial charge on any atom is 0.420 e. The van der Waals surface area contributed by atoms with Crippen molar-refractivity contribution in [2.24, 2.45) is 0 Å². The van der Waals surface area contributed by atoms with Crippen molar-refractivity contribution in [3.05, 3.63) is 29.8 Å². The van der Waals surface area contributed by atoms with Crippen LogP contribution in [0.1, 0.15) is 113 Å². The van der Waals surface area contributed by atoms with Crippen LogP contribution in [-0.4, -0.2) is 62.0 Å². The number of aromatic nitrogens is 3. The van der Waals surface area contributed by atoms with Crippen LogP contribution in [-0.2, 0) is 15.0 Å². The number of rotatable bonds is 9. The molecule has 1 fully saturated rings. The Bertz CT molecular complexity index is 1290. The molecule has 1 saturated carbocycles. The largest absolute Gasteiger partial charge is 0.478 e. The Morgan fingerprint density at radius 1 is 1.07 bits per heavy atom. The molecular weight excluding hydrogens is 569 g/mol. The number of nitrogens with zero attached hydrogens (tertiary/aromatic N) is 4. The van der Waals surface area contributed by atoms with Crippen molar-refractivity contribution in [1.29, 1.82) is 0 Å². The standard InChI is InChI=1S/C32H50FN5O6/c1-20(34-28(40)43-31(5,6)7)12-11-15-42-26-18-22(17-25(33)35-26)37(29(41)44-32(8,9)10)27-19-24(21-13-14-23(39)16-21)36-38(27)30(2,3)4/h17-21,23,39H,11-16H2,1-10H3,(H,34,40)/t20-,21-,23+/m0/s1. The lowest BCUT2D eigenvalue weighted by Gasteiger charge is -2.30. The van der Waals surface area contributed by atoms with Crippen LogP contribution in [0.5, 0.6) is 5.88 Å². The van der Waals surface area contributed by atoms with E-state index in [1.54, 1.807) is 46.2 Å². The van der Waals surface area contributed by atoms with Crippen LogP contribution >= 0.6 is 0 Å². The summed E-state index contributed by atoms with van der Waals surface area (Å²) in [6.07, 6.45) is 1.59. The van der Waals surface area contributed by atoms with E-state index in [4.69, 9.17) is 19.3 Å². The van der Waals surface area contributed by atoms with E-state index >= 15 is 0 Å². The van der Waals surface area contributed by atoms with E-state index in [2.05, 4.69) is 10.3 Å². The first-order valence-corrected chi connectivity index (χ1v) is 15.3. The minimum Gasteiger partial charge on any atom is -0.478 e. The number of hydrogen-bond acceptors (Lipinski definition) is 8. The van der Waals surface area contributed by atoms with Gasteiger partial charge in [-0.3, -0.25) is 0 Å². The molecule has 0 radical (unpaired) electrons. The highest BCUT2D eigenvalue weighted by Gasteiger charge is 2.35. The summed E-state index contributed by atoms with van der Waals surface area (Å²) in [6, 6.07) is 4.30. The number of carbonyl (C=O) groups excluding carboxylic acids is 2. The van der Waals surface area contributed by atoms with Crippen LogP contribution in [0, 0.1) is 5.95 Å². The quantitative estimate of drug-likeness (QED) is 0.228. The number of aliphatic hydroxyl groups excluding tert-OH is 1. The summed E-state index contributed by atoms with van der Waals surface area (Å²) in [4.78, 5) is 31.0. The molecule has 0 unspecified atom stereocenters. The number of pyridine rings is 1. The summed E-state index contributed by atoms with van der Waals surface area (Å²) < 4.78 is 33.6. The van der Waals surface area contributed by atoms with Gasteiger partial charge in [0.2, 0.25) is 11.8 Å². The molecule has 0 spiro atoms. The number of carbonyl (C=O) groups is 2. The van der Waals surface area contributed by atoms with Gasteiger partial charge in [-0.05, 0) is 101 Å². The predicted molar refractivity (Wildman–Crippen MR) is 166 cm³/mol. The van der Waals surface area contributed by atoms with Crippen molar-refractivity contribution >= 4 is 23.7 Å². The normalized spacial score (nSPS) is 18.1. The van der Waals surface area contributed by atoms with E-state index < -0.39 is 41.0 Å². The Morgan fingerprint density at radius 2 is 1.73 bits per heavy atom. The van der Waals surface area contributed by atoms with Crippen LogP contribution in [0.2, 0.25) is 0 Å². The molecule has 0 aliphatic heterocycles. The maximum atomic E-state index is 15.0. The molecule has 3 atom stereocenters. The average Bonchev–Trinajstić information content (AvgIpc) is 3.46. The second kappa shape index (κ2) is 13.7. The molecular formula is C32H50FN5O6. The Kier molecular flexibility index (Phi) is 10.9. The van der Waals surface area contributed by atoms with Crippen LogP contribution in [0.25, 0.3) is 0 Å². The summed E-state index contributed by atoms with van der Waals surface area (Å²) in [5, 5.41) is 17.8. The second-order valence-electron chi connectivity index (χ2n) is 14.5. The third kappa shape index (κ3) is 10.3. The summed E-state index contributed by atoms with van der Waals surface area (Å²) in [6.45, 7) is 18.6. The van der Waals surface area contributed by atoms with Crippen LogP contribution in [0.15, 0.2) is 18.2 Å². The fourth-order valence-corrected chi connectivity index (χ4v) is 4.92. The van der Waals surface area contributed by atoms with Gasteiger partial charge in [-0.1, -0.05) is 0 Å². The van der Waals surface area contributed by atoms with Crippen molar-refractivity contribution in [2.75, 3.05) is 11.5 Å². The van der Waals surface area contributed by atoms with E-state index in [1.165, 1.54) is 11.0 Å². The molecule has 246 valence electrons. The molecule has 1 aliphatic carbocycles. The number of nitrogens with one attached hydrogen (secondary N) is 1. The smallest absolute Gasteiger partial charge is 0.420 e. The monoisotopic (exact) mass is 619 g/mol. The van der Waals surface area contributed by atoms with Gasteiger partial charge >= 0.3 is 12.2 Å². The molecule has 2 heterocycles. The Morgan fingerprint density at radius 3 is 2.30 bits per heavy atom. The lowest BCUT2D eigenvalue weighted by molar-refractivity contribution is 0.0503. The minimum atomic E-state index is -0.827.